The van der Waals surface area contributed by atoms with E-state index < -0.39 is 5.41 Å². The molecule has 4 rings (SSSR count). The molecule has 1 aromatic rings. The minimum Gasteiger partial charge on any atom is -0.342 e. The highest BCUT2D eigenvalue weighted by molar-refractivity contribution is 6.14. The van der Waals surface area contributed by atoms with Crippen LogP contribution in [0.15, 0.2) is 24.3 Å². The summed E-state index contributed by atoms with van der Waals surface area (Å²) in [6, 6.07) is 7.92. The van der Waals surface area contributed by atoms with Gasteiger partial charge in [0.1, 0.15) is 5.41 Å². The van der Waals surface area contributed by atoms with E-state index in [4.69, 9.17) is 0 Å². The number of anilines is 1. The summed E-state index contributed by atoms with van der Waals surface area (Å²) in [4.78, 5) is 42.1. The van der Waals surface area contributed by atoms with E-state index in [1.165, 1.54) is 5.56 Å². The van der Waals surface area contributed by atoms with Gasteiger partial charge in [0.05, 0.1) is 0 Å². The van der Waals surface area contributed by atoms with Crippen LogP contribution in [-0.4, -0.2) is 60.7 Å². The van der Waals surface area contributed by atoms with Crippen LogP contribution in [0.5, 0.6) is 0 Å². The van der Waals surface area contributed by atoms with Crippen LogP contribution in [0, 0.1) is 5.41 Å². The Morgan fingerprint density at radius 1 is 0.958 bits per heavy atom. The van der Waals surface area contributed by atoms with Crippen molar-refractivity contribution in [1.82, 2.24) is 9.80 Å². The highest BCUT2D eigenvalue weighted by Gasteiger charge is 2.60. The van der Waals surface area contributed by atoms with Crippen LogP contribution in [-0.2, 0) is 20.8 Å². The molecule has 1 saturated heterocycles. The van der Waals surface area contributed by atoms with Gasteiger partial charge < -0.3 is 14.7 Å². The normalized spacial score (nSPS) is 21.4. The van der Waals surface area contributed by atoms with Crippen LogP contribution in [0.1, 0.15) is 18.4 Å². The summed E-state index contributed by atoms with van der Waals surface area (Å²) in [5.41, 5.74) is 1.27. The third-order valence-electron chi connectivity index (χ3n) is 5.45. The summed E-state index contributed by atoms with van der Waals surface area (Å²) in [6.45, 7) is 2.79. The average Bonchev–Trinajstić information content (AvgIpc) is 3.34. The number of piperazine rings is 1. The zero-order valence-corrected chi connectivity index (χ0v) is 13.6. The topological polar surface area (TPSA) is 60.9 Å². The third-order valence-corrected chi connectivity index (χ3v) is 5.45. The first-order valence-corrected chi connectivity index (χ1v) is 8.54. The number of hydrogen-bond acceptors (Lipinski definition) is 3. The Kier molecular flexibility index (Phi) is 3.55. The Hall–Kier alpha value is -2.37. The van der Waals surface area contributed by atoms with Gasteiger partial charge in [-0.3, -0.25) is 14.4 Å². The summed E-state index contributed by atoms with van der Waals surface area (Å²) in [6.07, 6.45) is 2.94. The summed E-state index contributed by atoms with van der Waals surface area (Å²) in [7, 11) is 0. The molecule has 2 heterocycles. The lowest BCUT2D eigenvalue weighted by molar-refractivity contribution is -0.145. The smallest absolute Gasteiger partial charge is 0.242 e. The number of para-hydroxylation sites is 1. The predicted octanol–water partition coefficient (Wildman–Crippen LogP) is 0.657. The van der Waals surface area contributed by atoms with Gasteiger partial charge in [-0.05, 0) is 30.9 Å². The zero-order chi connectivity index (χ0) is 16.7. The molecular formula is C18H21N3O3. The molecule has 2 aliphatic heterocycles. The molecule has 0 unspecified atom stereocenters. The van der Waals surface area contributed by atoms with Crippen molar-refractivity contribution in [3.8, 4) is 0 Å². The maximum Gasteiger partial charge on any atom is 0.242 e. The van der Waals surface area contributed by atoms with Crippen LogP contribution in [0.25, 0.3) is 0 Å². The van der Waals surface area contributed by atoms with Crippen LogP contribution >= 0.6 is 0 Å². The SMILES string of the molecule is O=CN1CCN(C(=O)C2(C(=O)N3CCc4ccccc43)CC2)CC1. The van der Waals surface area contributed by atoms with E-state index in [-0.39, 0.29) is 11.8 Å². The van der Waals surface area contributed by atoms with Crippen molar-refractivity contribution in [3.05, 3.63) is 29.8 Å². The quantitative estimate of drug-likeness (QED) is 0.605. The Bertz CT molecular complexity index is 691. The molecule has 3 amide bonds. The van der Waals surface area contributed by atoms with Gasteiger partial charge in [0.2, 0.25) is 18.2 Å². The molecule has 3 aliphatic rings. The van der Waals surface area contributed by atoms with Crippen molar-refractivity contribution in [2.75, 3.05) is 37.6 Å². The fraction of sp³-hybridized carbons (Fsp3) is 0.500. The predicted molar refractivity (Wildman–Crippen MR) is 88.4 cm³/mol. The highest BCUT2D eigenvalue weighted by atomic mass is 16.2. The van der Waals surface area contributed by atoms with E-state index in [0.717, 1.165) is 18.5 Å². The van der Waals surface area contributed by atoms with Crippen LogP contribution < -0.4 is 4.90 Å². The molecule has 24 heavy (non-hydrogen) atoms. The number of amides is 3. The number of fused-ring (bicyclic) bond motifs is 1. The minimum atomic E-state index is -0.860. The van der Waals surface area contributed by atoms with Gasteiger partial charge in [-0.1, -0.05) is 18.2 Å². The fourth-order valence-electron chi connectivity index (χ4n) is 3.78. The maximum atomic E-state index is 13.1. The third kappa shape index (κ3) is 2.28. The number of carbonyl (C=O) groups excluding carboxylic acids is 3. The molecule has 126 valence electrons. The number of benzene rings is 1. The number of hydrogen-bond donors (Lipinski definition) is 0. The second kappa shape index (κ2) is 5.61. The zero-order valence-electron chi connectivity index (χ0n) is 13.6. The summed E-state index contributed by atoms with van der Waals surface area (Å²) in [5, 5.41) is 0. The average molecular weight is 327 g/mol. The molecule has 0 atom stereocenters. The van der Waals surface area contributed by atoms with E-state index in [1.54, 1.807) is 14.7 Å². The van der Waals surface area contributed by atoms with E-state index in [2.05, 4.69) is 0 Å². The molecule has 1 aromatic carbocycles. The molecule has 1 aliphatic carbocycles. The Labute approximate surface area is 141 Å². The van der Waals surface area contributed by atoms with Crippen molar-refractivity contribution in [3.63, 3.8) is 0 Å². The number of nitrogens with zero attached hydrogens (tertiary/aromatic N) is 3. The Balaban J connectivity index is 1.50. The molecule has 2 fully saturated rings. The molecule has 6 nitrogen and oxygen atoms in total. The fourth-order valence-corrected chi connectivity index (χ4v) is 3.78. The first-order valence-electron chi connectivity index (χ1n) is 8.54. The standard InChI is InChI=1S/C18H21N3O3/c22-13-19-9-11-20(12-10-19)16(23)18(6-7-18)17(24)21-8-5-14-3-1-2-4-15(14)21/h1-4,13H,5-12H2. The largest absolute Gasteiger partial charge is 0.342 e. The first-order chi connectivity index (χ1) is 11.7. The van der Waals surface area contributed by atoms with Gasteiger partial charge in [-0.25, -0.2) is 0 Å². The van der Waals surface area contributed by atoms with Gasteiger partial charge in [-0.2, -0.15) is 0 Å². The molecule has 1 saturated carbocycles. The Morgan fingerprint density at radius 3 is 2.33 bits per heavy atom. The van der Waals surface area contributed by atoms with Crippen molar-refractivity contribution in [2.24, 2.45) is 5.41 Å². The maximum absolute atomic E-state index is 13.1. The van der Waals surface area contributed by atoms with E-state index in [1.807, 2.05) is 24.3 Å². The summed E-state index contributed by atoms with van der Waals surface area (Å²) >= 11 is 0. The second-order valence-electron chi connectivity index (χ2n) is 6.85. The molecular weight excluding hydrogens is 306 g/mol. The van der Waals surface area contributed by atoms with Crippen molar-refractivity contribution in [2.45, 2.75) is 19.3 Å². The van der Waals surface area contributed by atoms with Gasteiger partial charge in [0, 0.05) is 38.4 Å². The van der Waals surface area contributed by atoms with Gasteiger partial charge in [0.15, 0.2) is 0 Å². The lowest BCUT2D eigenvalue weighted by Crippen LogP contribution is -2.53. The van der Waals surface area contributed by atoms with Gasteiger partial charge in [0.25, 0.3) is 0 Å². The minimum absolute atomic E-state index is 0.0460. The molecule has 0 radical (unpaired) electrons. The summed E-state index contributed by atoms with van der Waals surface area (Å²) < 4.78 is 0. The second-order valence-corrected chi connectivity index (χ2v) is 6.85. The first kappa shape index (κ1) is 15.2. The highest BCUT2D eigenvalue weighted by Crippen LogP contribution is 2.50. The lowest BCUT2D eigenvalue weighted by Gasteiger charge is -2.35. The van der Waals surface area contributed by atoms with Gasteiger partial charge >= 0.3 is 0 Å². The molecule has 0 N–H and O–H groups in total. The van der Waals surface area contributed by atoms with Crippen molar-refractivity contribution >= 4 is 23.9 Å². The van der Waals surface area contributed by atoms with Crippen LogP contribution in [0.4, 0.5) is 5.69 Å². The number of carbonyl (C=O) groups is 3. The van der Waals surface area contributed by atoms with Crippen molar-refractivity contribution in [1.29, 1.82) is 0 Å². The Morgan fingerprint density at radius 2 is 1.67 bits per heavy atom. The van der Waals surface area contributed by atoms with E-state index in [9.17, 15) is 14.4 Å². The molecule has 6 heteroatoms. The van der Waals surface area contributed by atoms with Crippen LogP contribution in [0.3, 0.4) is 0 Å². The van der Waals surface area contributed by atoms with Gasteiger partial charge in [-0.15, -0.1) is 0 Å². The van der Waals surface area contributed by atoms with E-state index >= 15 is 0 Å². The van der Waals surface area contributed by atoms with Crippen LogP contribution in [0.2, 0.25) is 0 Å². The lowest BCUT2D eigenvalue weighted by atomic mass is 10.0. The van der Waals surface area contributed by atoms with E-state index in [0.29, 0.717) is 45.6 Å². The summed E-state index contributed by atoms with van der Waals surface area (Å²) in [5.74, 6) is -0.0994. The van der Waals surface area contributed by atoms with Crippen molar-refractivity contribution < 1.29 is 14.4 Å². The number of rotatable bonds is 3. The monoisotopic (exact) mass is 327 g/mol. The molecule has 0 bridgehead atoms. The molecule has 0 aromatic heterocycles. The molecule has 0 spiro atoms.